The van der Waals surface area contributed by atoms with Crippen LogP contribution in [0.25, 0.3) is 0 Å². The second-order valence-electron chi connectivity index (χ2n) is 6.54. The highest BCUT2D eigenvalue weighted by Gasteiger charge is 2.13. The normalized spacial score (nSPS) is 14.3. The predicted molar refractivity (Wildman–Crippen MR) is 97.9 cm³/mol. The highest BCUT2D eigenvalue weighted by molar-refractivity contribution is 5.75. The van der Waals surface area contributed by atoms with E-state index < -0.39 is 0 Å². The molecule has 0 aromatic carbocycles. The molecule has 0 radical (unpaired) electrons. The van der Waals surface area contributed by atoms with Crippen molar-refractivity contribution < 1.29 is 4.79 Å². The molecule has 0 bridgehead atoms. The topological polar surface area (TPSA) is 93.0 Å². The molecule has 26 heavy (non-hydrogen) atoms. The fourth-order valence-electron chi connectivity index (χ4n) is 2.95. The number of amides is 1. The number of rotatable bonds is 5. The van der Waals surface area contributed by atoms with E-state index in [-0.39, 0.29) is 24.6 Å². The lowest BCUT2D eigenvalue weighted by atomic mass is 10.1. The number of aromatic nitrogens is 4. The van der Waals surface area contributed by atoms with E-state index in [9.17, 15) is 9.59 Å². The SMILES string of the molecule is Cc1ncn(CC(=O)NCc2nccc(N3CCCCC3)n2)c(=O)c1C. The molecule has 3 rings (SSSR count). The zero-order valence-electron chi connectivity index (χ0n) is 15.2. The highest BCUT2D eigenvalue weighted by atomic mass is 16.2. The molecule has 0 aliphatic carbocycles. The van der Waals surface area contributed by atoms with Gasteiger partial charge in [0.25, 0.3) is 5.56 Å². The highest BCUT2D eigenvalue weighted by Crippen LogP contribution is 2.16. The van der Waals surface area contributed by atoms with E-state index in [4.69, 9.17) is 0 Å². The van der Waals surface area contributed by atoms with Crippen molar-refractivity contribution in [2.24, 2.45) is 0 Å². The van der Waals surface area contributed by atoms with Gasteiger partial charge in [-0.2, -0.15) is 0 Å². The molecule has 0 unspecified atom stereocenters. The van der Waals surface area contributed by atoms with Crippen LogP contribution < -0.4 is 15.8 Å². The van der Waals surface area contributed by atoms with Crippen LogP contribution in [-0.2, 0) is 17.9 Å². The zero-order valence-corrected chi connectivity index (χ0v) is 15.2. The van der Waals surface area contributed by atoms with Crippen molar-refractivity contribution in [3.63, 3.8) is 0 Å². The Morgan fingerprint density at radius 2 is 1.96 bits per heavy atom. The number of carbonyl (C=O) groups excluding carboxylic acids is 1. The number of carbonyl (C=O) groups is 1. The third-order valence-electron chi connectivity index (χ3n) is 4.64. The molecule has 1 saturated heterocycles. The Morgan fingerprint density at radius 3 is 2.73 bits per heavy atom. The Kier molecular flexibility index (Phi) is 5.60. The van der Waals surface area contributed by atoms with Crippen LogP contribution in [0.15, 0.2) is 23.4 Å². The number of anilines is 1. The van der Waals surface area contributed by atoms with Gasteiger partial charge in [-0.25, -0.2) is 15.0 Å². The van der Waals surface area contributed by atoms with Crippen molar-refractivity contribution in [2.75, 3.05) is 18.0 Å². The predicted octanol–water partition coefficient (Wildman–Crippen LogP) is 0.957. The minimum Gasteiger partial charge on any atom is -0.357 e. The molecule has 8 nitrogen and oxygen atoms in total. The van der Waals surface area contributed by atoms with Crippen molar-refractivity contribution in [3.8, 4) is 0 Å². The summed E-state index contributed by atoms with van der Waals surface area (Å²) in [6, 6.07) is 1.90. The van der Waals surface area contributed by atoms with Gasteiger partial charge in [0, 0.05) is 30.5 Å². The number of nitrogens with zero attached hydrogens (tertiary/aromatic N) is 5. The average molecular weight is 356 g/mol. The second kappa shape index (κ2) is 8.07. The lowest BCUT2D eigenvalue weighted by molar-refractivity contribution is -0.121. The molecule has 1 aliphatic rings. The summed E-state index contributed by atoms with van der Waals surface area (Å²) in [5.74, 6) is 1.19. The van der Waals surface area contributed by atoms with Crippen LogP contribution >= 0.6 is 0 Å². The van der Waals surface area contributed by atoms with Crippen LogP contribution in [0.3, 0.4) is 0 Å². The Bertz CT molecular complexity index is 842. The van der Waals surface area contributed by atoms with Crippen LogP contribution in [0.4, 0.5) is 5.82 Å². The largest absolute Gasteiger partial charge is 0.357 e. The maximum absolute atomic E-state index is 12.2. The number of hydrogen-bond acceptors (Lipinski definition) is 6. The third-order valence-corrected chi connectivity index (χ3v) is 4.64. The molecule has 0 spiro atoms. The van der Waals surface area contributed by atoms with Gasteiger partial charge in [0.05, 0.1) is 12.9 Å². The summed E-state index contributed by atoms with van der Waals surface area (Å²) in [6.45, 7) is 5.65. The molecule has 138 valence electrons. The van der Waals surface area contributed by atoms with Gasteiger partial charge >= 0.3 is 0 Å². The van der Waals surface area contributed by atoms with Crippen molar-refractivity contribution >= 4 is 11.7 Å². The first kappa shape index (κ1) is 18.0. The summed E-state index contributed by atoms with van der Waals surface area (Å²) < 4.78 is 1.31. The van der Waals surface area contributed by atoms with Gasteiger partial charge < -0.3 is 10.2 Å². The van der Waals surface area contributed by atoms with Crippen LogP contribution in [0.2, 0.25) is 0 Å². The molecule has 8 heteroatoms. The fourth-order valence-corrected chi connectivity index (χ4v) is 2.95. The van der Waals surface area contributed by atoms with Gasteiger partial charge in [-0.15, -0.1) is 0 Å². The molecule has 2 aromatic rings. The molecule has 0 saturated carbocycles. The van der Waals surface area contributed by atoms with Crippen molar-refractivity contribution in [1.82, 2.24) is 24.8 Å². The Hall–Kier alpha value is -2.77. The van der Waals surface area contributed by atoms with E-state index in [0.717, 1.165) is 18.9 Å². The monoisotopic (exact) mass is 356 g/mol. The minimum absolute atomic E-state index is 0.0707. The first-order valence-corrected chi connectivity index (χ1v) is 8.91. The second-order valence-corrected chi connectivity index (χ2v) is 6.54. The fraction of sp³-hybridized carbons (Fsp3) is 0.500. The van der Waals surface area contributed by atoms with E-state index in [1.807, 2.05) is 6.07 Å². The lowest BCUT2D eigenvalue weighted by Gasteiger charge is -2.27. The summed E-state index contributed by atoms with van der Waals surface area (Å²) in [5, 5.41) is 2.77. The van der Waals surface area contributed by atoms with Crippen molar-refractivity contribution in [2.45, 2.75) is 46.2 Å². The van der Waals surface area contributed by atoms with Crippen molar-refractivity contribution in [1.29, 1.82) is 0 Å². The third kappa shape index (κ3) is 4.25. The number of aryl methyl sites for hydroxylation is 1. The molecule has 3 heterocycles. The molecule has 1 fully saturated rings. The Morgan fingerprint density at radius 1 is 1.19 bits per heavy atom. The smallest absolute Gasteiger partial charge is 0.256 e. The Labute approximate surface area is 152 Å². The first-order valence-electron chi connectivity index (χ1n) is 8.91. The standard InChI is InChI=1S/C18H24N6O2/c1-13-14(2)21-12-24(18(13)26)11-17(25)20-10-15-19-7-6-16(22-15)23-8-4-3-5-9-23/h6-7,12H,3-5,8-11H2,1-2H3,(H,20,25). The zero-order chi connectivity index (χ0) is 18.5. The van der Waals surface area contributed by atoms with E-state index in [1.54, 1.807) is 20.0 Å². The van der Waals surface area contributed by atoms with E-state index >= 15 is 0 Å². The number of piperidine rings is 1. The summed E-state index contributed by atoms with van der Waals surface area (Å²) in [7, 11) is 0. The van der Waals surface area contributed by atoms with Gasteiger partial charge in [-0.1, -0.05) is 0 Å². The quantitative estimate of drug-likeness (QED) is 0.858. The van der Waals surface area contributed by atoms with Gasteiger partial charge in [-0.05, 0) is 39.2 Å². The van der Waals surface area contributed by atoms with E-state index in [2.05, 4.69) is 25.2 Å². The maximum Gasteiger partial charge on any atom is 0.256 e. The van der Waals surface area contributed by atoms with Gasteiger partial charge in [0.15, 0.2) is 0 Å². The number of hydrogen-bond donors (Lipinski definition) is 1. The van der Waals surface area contributed by atoms with E-state index in [0.29, 0.717) is 17.1 Å². The summed E-state index contributed by atoms with van der Waals surface area (Å²) in [5.41, 5.74) is 1.03. The van der Waals surface area contributed by atoms with Crippen LogP contribution in [0.5, 0.6) is 0 Å². The molecule has 1 amide bonds. The minimum atomic E-state index is -0.274. The van der Waals surface area contributed by atoms with Gasteiger partial charge in [-0.3, -0.25) is 14.2 Å². The molecule has 0 atom stereocenters. The molecule has 2 aromatic heterocycles. The van der Waals surface area contributed by atoms with Gasteiger partial charge in [0.1, 0.15) is 18.2 Å². The average Bonchev–Trinajstić information content (AvgIpc) is 2.68. The van der Waals surface area contributed by atoms with Gasteiger partial charge in [0.2, 0.25) is 5.91 Å². The van der Waals surface area contributed by atoms with Crippen LogP contribution in [0, 0.1) is 13.8 Å². The summed E-state index contributed by atoms with van der Waals surface area (Å²) >= 11 is 0. The Balaban J connectivity index is 1.59. The summed E-state index contributed by atoms with van der Waals surface area (Å²) in [4.78, 5) is 39.4. The molecular formula is C18H24N6O2. The maximum atomic E-state index is 12.2. The molecular weight excluding hydrogens is 332 g/mol. The van der Waals surface area contributed by atoms with Crippen LogP contribution in [-0.4, -0.2) is 38.5 Å². The van der Waals surface area contributed by atoms with Crippen molar-refractivity contribution in [3.05, 3.63) is 46.0 Å². The molecule has 1 N–H and O–H groups in total. The lowest BCUT2D eigenvalue weighted by Crippen LogP contribution is -2.34. The molecule has 1 aliphatic heterocycles. The van der Waals surface area contributed by atoms with Crippen LogP contribution in [0.1, 0.15) is 36.3 Å². The number of nitrogens with one attached hydrogen (secondary N) is 1. The first-order chi connectivity index (χ1) is 12.5. The summed E-state index contributed by atoms with van der Waals surface area (Å²) in [6.07, 6.45) is 6.73. The van der Waals surface area contributed by atoms with E-state index in [1.165, 1.54) is 30.2 Å².